The van der Waals surface area contributed by atoms with Crippen LogP contribution in [0.5, 0.6) is 0 Å². The van der Waals surface area contributed by atoms with Gasteiger partial charge in [-0.15, -0.1) is 0 Å². The summed E-state index contributed by atoms with van der Waals surface area (Å²) in [6.07, 6.45) is 1.44. The maximum absolute atomic E-state index is 10.7. The van der Waals surface area contributed by atoms with Gasteiger partial charge >= 0.3 is 0 Å². The maximum atomic E-state index is 10.7. The minimum Gasteiger partial charge on any atom is -0.354 e. The van der Waals surface area contributed by atoms with Crippen molar-refractivity contribution >= 4 is 12.1 Å². The standard InChI is InChI=1S/C7H11N3O/c1-2-7(11)10-5-6(3-8)4-9/h3,6,8H,2,5H2,1H3,(H,10,11). The Bertz CT molecular complexity index is 183. The number of hydrogen-bond donors (Lipinski definition) is 2. The number of carbonyl (C=O) groups excluding carboxylic acids is 1. The predicted octanol–water partition coefficient (Wildman–Crippen LogP) is 0.302. The van der Waals surface area contributed by atoms with Crippen LogP contribution in [0.15, 0.2) is 0 Å². The van der Waals surface area contributed by atoms with E-state index in [9.17, 15) is 4.79 Å². The average Bonchev–Trinajstić information content (AvgIpc) is 2.06. The number of nitrogens with one attached hydrogen (secondary N) is 2. The van der Waals surface area contributed by atoms with E-state index in [1.807, 2.05) is 6.07 Å². The van der Waals surface area contributed by atoms with Gasteiger partial charge in [0.05, 0.1) is 12.0 Å². The van der Waals surface area contributed by atoms with Crippen molar-refractivity contribution < 1.29 is 4.79 Å². The molecule has 0 radical (unpaired) electrons. The SMILES string of the molecule is CCC(=O)NCC(C#N)C=N. The Balaban J connectivity index is 3.61. The van der Waals surface area contributed by atoms with Gasteiger partial charge in [0.25, 0.3) is 0 Å². The Morgan fingerprint density at radius 1 is 1.91 bits per heavy atom. The molecule has 0 rings (SSSR count). The van der Waals surface area contributed by atoms with E-state index in [0.29, 0.717) is 6.42 Å². The summed E-state index contributed by atoms with van der Waals surface area (Å²) in [5.41, 5.74) is 0. The van der Waals surface area contributed by atoms with E-state index < -0.39 is 5.92 Å². The van der Waals surface area contributed by atoms with Crippen molar-refractivity contribution in [1.29, 1.82) is 10.7 Å². The molecule has 0 aliphatic rings. The molecule has 0 aliphatic heterocycles. The first-order valence-corrected chi connectivity index (χ1v) is 3.41. The Labute approximate surface area is 65.7 Å². The Hall–Kier alpha value is -1.37. The number of rotatable bonds is 4. The van der Waals surface area contributed by atoms with Crippen LogP contribution in [-0.2, 0) is 4.79 Å². The van der Waals surface area contributed by atoms with Crippen LogP contribution in [0.2, 0.25) is 0 Å². The summed E-state index contributed by atoms with van der Waals surface area (Å²) in [4.78, 5) is 10.7. The quantitative estimate of drug-likeness (QED) is 0.570. The number of carbonyl (C=O) groups is 1. The third-order valence-electron chi connectivity index (χ3n) is 1.21. The van der Waals surface area contributed by atoms with Gasteiger partial charge in [0.15, 0.2) is 0 Å². The second-order valence-electron chi connectivity index (χ2n) is 2.06. The van der Waals surface area contributed by atoms with Crippen molar-refractivity contribution in [2.24, 2.45) is 5.92 Å². The highest BCUT2D eigenvalue weighted by atomic mass is 16.1. The van der Waals surface area contributed by atoms with Gasteiger partial charge in [-0.1, -0.05) is 6.92 Å². The largest absolute Gasteiger partial charge is 0.354 e. The number of nitrogens with zero attached hydrogens (tertiary/aromatic N) is 1. The average molecular weight is 153 g/mol. The monoisotopic (exact) mass is 153 g/mol. The van der Waals surface area contributed by atoms with E-state index in [1.54, 1.807) is 6.92 Å². The van der Waals surface area contributed by atoms with E-state index >= 15 is 0 Å². The summed E-state index contributed by atoms with van der Waals surface area (Å²) in [6.45, 7) is 1.98. The molecule has 0 saturated heterocycles. The van der Waals surface area contributed by atoms with Crippen molar-refractivity contribution in [3.05, 3.63) is 0 Å². The number of amides is 1. The molecule has 0 aliphatic carbocycles. The zero-order valence-corrected chi connectivity index (χ0v) is 6.42. The van der Waals surface area contributed by atoms with Crippen LogP contribution in [0.3, 0.4) is 0 Å². The Kier molecular flexibility index (Phi) is 4.74. The fourth-order valence-corrected chi connectivity index (χ4v) is 0.491. The molecule has 4 nitrogen and oxygen atoms in total. The molecule has 0 aromatic heterocycles. The first-order chi connectivity index (χ1) is 5.24. The zero-order chi connectivity index (χ0) is 8.69. The van der Waals surface area contributed by atoms with Crippen LogP contribution in [0, 0.1) is 22.7 Å². The van der Waals surface area contributed by atoms with Crippen molar-refractivity contribution in [2.45, 2.75) is 13.3 Å². The van der Waals surface area contributed by atoms with Gasteiger partial charge in [0, 0.05) is 19.2 Å². The molecule has 1 unspecified atom stereocenters. The number of hydrogen-bond acceptors (Lipinski definition) is 3. The van der Waals surface area contributed by atoms with Gasteiger partial charge in [0.2, 0.25) is 5.91 Å². The van der Waals surface area contributed by atoms with Gasteiger partial charge in [-0.05, 0) is 0 Å². The molecular weight excluding hydrogens is 142 g/mol. The minimum absolute atomic E-state index is 0.0906. The van der Waals surface area contributed by atoms with E-state index in [4.69, 9.17) is 10.7 Å². The van der Waals surface area contributed by atoms with Crippen LogP contribution < -0.4 is 5.32 Å². The fraction of sp³-hybridized carbons (Fsp3) is 0.571. The molecule has 1 amide bonds. The Morgan fingerprint density at radius 2 is 2.55 bits per heavy atom. The summed E-state index contributed by atoms with van der Waals surface area (Å²) in [7, 11) is 0. The van der Waals surface area contributed by atoms with Crippen LogP contribution in [0.1, 0.15) is 13.3 Å². The van der Waals surface area contributed by atoms with Crippen LogP contribution in [0.25, 0.3) is 0 Å². The fourth-order valence-electron chi connectivity index (χ4n) is 0.491. The smallest absolute Gasteiger partial charge is 0.219 e. The molecule has 2 N–H and O–H groups in total. The van der Waals surface area contributed by atoms with Crippen LogP contribution in [0.4, 0.5) is 0 Å². The van der Waals surface area contributed by atoms with Crippen LogP contribution >= 0.6 is 0 Å². The second kappa shape index (κ2) is 5.42. The van der Waals surface area contributed by atoms with Crippen molar-refractivity contribution in [3.8, 4) is 6.07 Å². The molecule has 0 saturated carbocycles. The van der Waals surface area contributed by atoms with E-state index in [1.165, 1.54) is 0 Å². The lowest BCUT2D eigenvalue weighted by molar-refractivity contribution is -0.120. The normalized spacial score (nSPS) is 11.3. The zero-order valence-electron chi connectivity index (χ0n) is 6.42. The minimum atomic E-state index is -0.495. The van der Waals surface area contributed by atoms with E-state index in [2.05, 4.69) is 5.32 Å². The molecule has 60 valence electrons. The second-order valence-corrected chi connectivity index (χ2v) is 2.06. The van der Waals surface area contributed by atoms with Crippen LogP contribution in [-0.4, -0.2) is 18.7 Å². The highest BCUT2D eigenvalue weighted by Gasteiger charge is 2.03. The molecule has 0 aromatic rings. The third kappa shape index (κ3) is 4.09. The first kappa shape index (κ1) is 9.63. The van der Waals surface area contributed by atoms with E-state index in [-0.39, 0.29) is 12.5 Å². The molecular formula is C7H11N3O. The summed E-state index contributed by atoms with van der Waals surface area (Å²) >= 11 is 0. The van der Waals surface area contributed by atoms with Crippen molar-refractivity contribution in [3.63, 3.8) is 0 Å². The van der Waals surface area contributed by atoms with Gasteiger partial charge < -0.3 is 10.7 Å². The number of nitriles is 1. The lowest BCUT2D eigenvalue weighted by atomic mass is 10.2. The van der Waals surface area contributed by atoms with Gasteiger partial charge in [-0.3, -0.25) is 4.79 Å². The van der Waals surface area contributed by atoms with Gasteiger partial charge in [0.1, 0.15) is 0 Å². The molecule has 0 spiro atoms. The van der Waals surface area contributed by atoms with Crippen molar-refractivity contribution in [2.75, 3.05) is 6.54 Å². The Morgan fingerprint density at radius 3 is 2.91 bits per heavy atom. The maximum Gasteiger partial charge on any atom is 0.219 e. The van der Waals surface area contributed by atoms with E-state index in [0.717, 1.165) is 6.21 Å². The molecule has 0 aromatic carbocycles. The topological polar surface area (TPSA) is 76.7 Å². The molecule has 0 bridgehead atoms. The highest BCUT2D eigenvalue weighted by Crippen LogP contribution is 1.86. The lowest BCUT2D eigenvalue weighted by Gasteiger charge is -2.03. The summed E-state index contributed by atoms with van der Waals surface area (Å²) < 4.78 is 0. The van der Waals surface area contributed by atoms with Crippen molar-refractivity contribution in [1.82, 2.24) is 5.32 Å². The van der Waals surface area contributed by atoms with Gasteiger partial charge in [-0.2, -0.15) is 5.26 Å². The highest BCUT2D eigenvalue weighted by molar-refractivity contribution is 5.76. The lowest BCUT2D eigenvalue weighted by Crippen LogP contribution is -2.28. The van der Waals surface area contributed by atoms with Gasteiger partial charge in [-0.25, -0.2) is 0 Å². The molecule has 1 atom stereocenters. The summed E-state index contributed by atoms with van der Waals surface area (Å²) in [5.74, 6) is -0.586. The first-order valence-electron chi connectivity index (χ1n) is 3.41. The predicted molar refractivity (Wildman–Crippen MR) is 41.2 cm³/mol. The molecule has 0 fully saturated rings. The summed E-state index contributed by atoms with van der Waals surface area (Å²) in [5, 5.41) is 17.6. The molecule has 4 heteroatoms. The third-order valence-corrected chi connectivity index (χ3v) is 1.21. The summed E-state index contributed by atoms with van der Waals surface area (Å²) in [6, 6.07) is 1.87. The molecule has 11 heavy (non-hydrogen) atoms. The molecule has 0 heterocycles.